The lowest BCUT2D eigenvalue weighted by Gasteiger charge is -2.29. The zero-order chi connectivity index (χ0) is 32.5. The molecule has 2 aromatic rings. The summed E-state index contributed by atoms with van der Waals surface area (Å²) in [6, 6.07) is 5.09. The average Bonchev–Trinajstić information content (AvgIpc) is 3.63. The van der Waals surface area contributed by atoms with Crippen molar-refractivity contribution in [2.24, 2.45) is 23.7 Å². The van der Waals surface area contributed by atoms with E-state index in [9.17, 15) is 36.2 Å². The minimum absolute atomic E-state index is 0.00388. The Balaban J connectivity index is 1.34. The van der Waals surface area contributed by atoms with Crippen molar-refractivity contribution in [1.29, 1.82) is 0 Å². The van der Waals surface area contributed by atoms with Gasteiger partial charge < -0.3 is 29.6 Å². The number of nitrogens with one attached hydrogen (secondary N) is 2. The van der Waals surface area contributed by atoms with Crippen LogP contribution in [-0.2, 0) is 20.4 Å². The first-order valence-corrected chi connectivity index (χ1v) is 15.5. The molecule has 2 amide bonds. The Hall–Kier alpha value is -3.94. The lowest BCUT2D eigenvalue weighted by Crippen LogP contribution is -2.47. The maximum Gasteiger partial charge on any atom is 0.475 e. The Morgan fingerprint density at radius 2 is 1.64 bits per heavy atom. The summed E-state index contributed by atoms with van der Waals surface area (Å²) in [6.45, 7) is 0. The molecule has 2 aromatic carbocycles. The molecule has 0 radical (unpaired) electrons. The van der Waals surface area contributed by atoms with Gasteiger partial charge in [-0.05, 0) is 68.2 Å². The van der Waals surface area contributed by atoms with Gasteiger partial charge in [0, 0.05) is 23.7 Å². The number of hydrogen-bond donors (Lipinski definition) is 2. The fourth-order valence-electron chi connectivity index (χ4n) is 6.35. The van der Waals surface area contributed by atoms with Gasteiger partial charge in [-0.3, -0.25) is 9.59 Å². The summed E-state index contributed by atoms with van der Waals surface area (Å²) in [4.78, 5) is 37.5. The number of ether oxygens (including phenoxy) is 3. The number of anilines is 1. The molecule has 0 aliphatic heterocycles. The molecule has 0 saturated heterocycles. The summed E-state index contributed by atoms with van der Waals surface area (Å²) in [7, 11) is -0.962. The molecule has 5 unspecified atom stereocenters. The summed E-state index contributed by atoms with van der Waals surface area (Å²) in [5.74, 6) is -3.60. The van der Waals surface area contributed by atoms with Crippen LogP contribution >= 0.6 is 0 Å². The van der Waals surface area contributed by atoms with Crippen molar-refractivity contribution in [3.8, 4) is 17.2 Å². The van der Waals surface area contributed by atoms with E-state index in [4.69, 9.17) is 14.2 Å². The first-order valence-electron chi connectivity index (χ1n) is 14.4. The van der Waals surface area contributed by atoms with Gasteiger partial charge in [0.15, 0.2) is 22.4 Å². The SMILES string of the molecule is COc1cc(F)c(OC2CCC(C=O)CC2)cc1C(=O)NC1C2C=CC(C2)C1C(=O)Nc1ccc(OC)c(S(=O)C(F)(F)F)c1. The summed E-state index contributed by atoms with van der Waals surface area (Å²) in [5.41, 5.74) is -5.06. The number of amides is 2. The van der Waals surface area contributed by atoms with Crippen LogP contribution in [0.2, 0.25) is 0 Å². The van der Waals surface area contributed by atoms with Crippen molar-refractivity contribution in [2.75, 3.05) is 19.5 Å². The molecule has 2 N–H and O–H groups in total. The summed E-state index contributed by atoms with van der Waals surface area (Å²) in [5, 5.41) is 5.49. The van der Waals surface area contributed by atoms with E-state index in [0.29, 0.717) is 32.1 Å². The largest absolute Gasteiger partial charge is 0.496 e. The third-order valence-corrected chi connectivity index (χ3v) is 9.74. The van der Waals surface area contributed by atoms with Crippen LogP contribution in [0.3, 0.4) is 0 Å². The minimum atomic E-state index is -5.04. The number of fused-ring (bicyclic) bond motifs is 2. The first kappa shape index (κ1) is 32.5. The van der Waals surface area contributed by atoms with E-state index in [1.54, 1.807) is 0 Å². The van der Waals surface area contributed by atoms with Gasteiger partial charge in [0.25, 0.3) is 5.91 Å². The number of methoxy groups -OCH3 is 2. The fourth-order valence-corrected chi connectivity index (χ4v) is 7.17. The number of carbonyl (C=O) groups excluding carboxylic acids is 3. The third-order valence-electron chi connectivity index (χ3n) is 8.60. The summed E-state index contributed by atoms with van der Waals surface area (Å²) >= 11 is 0. The molecule has 5 atom stereocenters. The van der Waals surface area contributed by atoms with Gasteiger partial charge in [0.2, 0.25) is 5.91 Å². The van der Waals surface area contributed by atoms with Gasteiger partial charge in [-0.25, -0.2) is 8.60 Å². The second-order valence-electron chi connectivity index (χ2n) is 11.3. The van der Waals surface area contributed by atoms with Crippen LogP contribution in [0.5, 0.6) is 17.2 Å². The maximum atomic E-state index is 14.9. The molecular weight excluding hydrogens is 620 g/mol. The van der Waals surface area contributed by atoms with E-state index in [1.807, 2.05) is 12.2 Å². The Morgan fingerprint density at radius 1 is 0.956 bits per heavy atom. The average molecular weight is 653 g/mol. The number of aldehydes is 1. The van der Waals surface area contributed by atoms with Crippen LogP contribution < -0.4 is 24.8 Å². The number of benzene rings is 2. The Labute approximate surface area is 259 Å². The quantitative estimate of drug-likeness (QED) is 0.207. The van der Waals surface area contributed by atoms with Crippen LogP contribution in [0.15, 0.2) is 47.4 Å². The molecule has 2 fully saturated rings. The van der Waals surface area contributed by atoms with E-state index in [1.165, 1.54) is 25.3 Å². The predicted octanol–water partition coefficient (Wildman–Crippen LogP) is 5.17. The van der Waals surface area contributed by atoms with Crippen LogP contribution in [0.25, 0.3) is 0 Å². The van der Waals surface area contributed by atoms with Crippen molar-refractivity contribution in [3.63, 3.8) is 0 Å². The second kappa shape index (κ2) is 13.2. The number of allylic oxidation sites excluding steroid dienone is 1. The van der Waals surface area contributed by atoms with Crippen LogP contribution in [0.1, 0.15) is 42.5 Å². The van der Waals surface area contributed by atoms with E-state index in [-0.39, 0.29) is 52.4 Å². The highest BCUT2D eigenvalue weighted by Gasteiger charge is 2.49. The molecule has 2 bridgehead atoms. The highest BCUT2D eigenvalue weighted by atomic mass is 32.2. The molecule has 0 spiro atoms. The summed E-state index contributed by atoms with van der Waals surface area (Å²) < 4.78 is 82.7. The molecule has 2 saturated carbocycles. The lowest BCUT2D eigenvalue weighted by molar-refractivity contribution is -0.121. The van der Waals surface area contributed by atoms with Gasteiger partial charge in [-0.1, -0.05) is 12.2 Å². The summed E-state index contributed by atoms with van der Waals surface area (Å²) in [6.07, 6.45) is 7.28. The zero-order valence-corrected chi connectivity index (χ0v) is 25.2. The molecule has 5 rings (SSSR count). The number of halogens is 4. The van der Waals surface area contributed by atoms with E-state index >= 15 is 0 Å². The number of carbonyl (C=O) groups is 3. The van der Waals surface area contributed by atoms with Crippen LogP contribution in [0.4, 0.5) is 23.2 Å². The van der Waals surface area contributed by atoms with E-state index < -0.39 is 50.8 Å². The van der Waals surface area contributed by atoms with E-state index in [2.05, 4.69) is 10.6 Å². The minimum Gasteiger partial charge on any atom is -0.496 e. The smallest absolute Gasteiger partial charge is 0.475 e. The van der Waals surface area contributed by atoms with Crippen LogP contribution in [0, 0.1) is 29.5 Å². The molecule has 0 heterocycles. The molecule has 3 aliphatic rings. The molecule has 0 aromatic heterocycles. The van der Waals surface area contributed by atoms with Crippen molar-refractivity contribution in [1.82, 2.24) is 5.32 Å². The van der Waals surface area contributed by atoms with Gasteiger partial charge in [-0.2, -0.15) is 13.2 Å². The van der Waals surface area contributed by atoms with Crippen molar-refractivity contribution >= 4 is 34.6 Å². The Morgan fingerprint density at radius 3 is 2.29 bits per heavy atom. The molecule has 9 nitrogen and oxygen atoms in total. The molecular formula is C31H32F4N2O7S. The first-order chi connectivity index (χ1) is 21.4. The van der Waals surface area contributed by atoms with Gasteiger partial charge >= 0.3 is 5.51 Å². The van der Waals surface area contributed by atoms with Gasteiger partial charge in [0.1, 0.15) is 17.8 Å². The maximum absolute atomic E-state index is 14.9. The van der Waals surface area contributed by atoms with Crippen molar-refractivity contribution < 1.29 is 50.4 Å². The Kier molecular flexibility index (Phi) is 9.52. The second-order valence-corrected chi connectivity index (χ2v) is 12.8. The van der Waals surface area contributed by atoms with E-state index in [0.717, 1.165) is 25.5 Å². The van der Waals surface area contributed by atoms with Crippen molar-refractivity contribution in [3.05, 3.63) is 53.9 Å². The normalized spacial score (nSPS) is 26.2. The number of hydrogen-bond acceptors (Lipinski definition) is 7. The monoisotopic (exact) mass is 652 g/mol. The molecule has 45 heavy (non-hydrogen) atoms. The molecule has 242 valence electrons. The number of alkyl halides is 3. The van der Waals surface area contributed by atoms with Crippen LogP contribution in [-0.4, -0.2) is 54.2 Å². The zero-order valence-electron chi connectivity index (χ0n) is 24.4. The molecule has 3 aliphatic carbocycles. The van der Waals surface area contributed by atoms with Gasteiger partial charge in [0.05, 0.1) is 36.7 Å². The lowest BCUT2D eigenvalue weighted by atomic mass is 9.87. The standard InChI is InChI=1S/C31H32F4N2O7S/c1-42-23-10-7-19(12-26(23)45(41)31(33,34)35)36-30(40)27-17-5-6-18(11-17)28(27)37-29(39)21-13-25(22(32)14-24(21)43-2)44-20-8-3-16(15-38)4-9-20/h5-7,10,12-18,20,27-28H,3-4,8-9,11H2,1-2H3,(H,36,40)(H,37,39). The van der Waals surface area contributed by atoms with Crippen molar-refractivity contribution in [2.45, 2.75) is 54.7 Å². The highest BCUT2D eigenvalue weighted by molar-refractivity contribution is 7.86. The third kappa shape index (κ3) is 6.85. The topological polar surface area (TPSA) is 120 Å². The predicted molar refractivity (Wildman–Crippen MR) is 155 cm³/mol. The highest BCUT2D eigenvalue weighted by Crippen LogP contribution is 2.45. The fraction of sp³-hybridized carbons (Fsp3) is 0.452. The molecule has 14 heteroatoms. The van der Waals surface area contributed by atoms with Gasteiger partial charge in [-0.15, -0.1) is 0 Å². The Bertz CT molecular complexity index is 1520. The number of rotatable bonds is 10.